The van der Waals surface area contributed by atoms with Crippen LogP contribution in [0.1, 0.15) is 38.1 Å². The van der Waals surface area contributed by atoms with Crippen molar-refractivity contribution in [3.8, 4) is 5.75 Å². The van der Waals surface area contributed by atoms with Crippen LogP contribution in [0.5, 0.6) is 5.75 Å². The minimum absolute atomic E-state index is 0.273. The molecule has 1 aromatic carbocycles. The summed E-state index contributed by atoms with van der Waals surface area (Å²) in [5.41, 5.74) is 1.27. The smallest absolute Gasteiger partial charge is 0.133 e. The third-order valence-corrected chi connectivity index (χ3v) is 5.99. The van der Waals surface area contributed by atoms with Gasteiger partial charge in [-0.05, 0) is 60.3 Å². The lowest BCUT2D eigenvalue weighted by molar-refractivity contribution is 0.0511. The third-order valence-electron chi connectivity index (χ3n) is 4.23. The maximum atomic E-state index is 5.95. The highest BCUT2D eigenvalue weighted by atomic mass is 79.9. The predicted octanol–water partition coefficient (Wildman–Crippen LogP) is 5.34. The normalized spacial score (nSPS) is 31.3. The van der Waals surface area contributed by atoms with E-state index in [-0.39, 0.29) is 6.10 Å². The molecule has 0 N–H and O–H groups in total. The molecule has 0 radical (unpaired) electrons. The van der Waals surface area contributed by atoms with E-state index in [2.05, 4.69) is 64.8 Å². The largest absolute Gasteiger partial charge is 0.493 e. The van der Waals surface area contributed by atoms with Gasteiger partial charge in [0, 0.05) is 10.7 Å². The molecule has 0 aromatic heterocycles. The van der Waals surface area contributed by atoms with Gasteiger partial charge in [-0.2, -0.15) is 0 Å². The molecule has 1 aromatic rings. The molecule has 1 saturated heterocycles. The molecule has 1 aliphatic rings. The van der Waals surface area contributed by atoms with Crippen molar-refractivity contribution in [3.63, 3.8) is 0 Å². The number of hydrogen-bond donors (Lipinski definition) is 0. The van der Waals surface area contributed by atoms with Gasteiger partial charge >= 0.3 is 0 Å². The van der Waals surface area contributed by atoms with Gasteiger partial charge in [-0.25, -0.2) is 0 Å². The summed E-state index contributed by atoms with van der Waals surface area (Å²) in [7, 11) is 0. The summed E-state index contributed by atoms with van der Waals surface area (Å²) in [5, 5.41) is 0. The standard InChI is InChI=1S/C16H22Br2O2/c1-5-19-14-7-6-12(8-13(14)17)16(18)15-9(2)10(3)20-11(15)4/h6-11,15-16H,5H2,1-4H3. The van der Waals surface area contributed by atoms with E-state index in [1.54, 1.807) is 0 Å². The Balaban J connectivity index is 2.21. The Morgan fingerprint density at radius 1 is 1.25 bits per heavy atom. The SMILES string of the molecule is CCOc1ccc(C(Br)C2C(C)OC(C)C2C)cc1Br. The van der Waals surface area contributed by atoms with Crippen LogP contribution in [0.25, 0.3) is 0 Å². The van der Waals surface area contributed by atoms with E-state index in [4.69, 9.17) is 9.47 Å². The van der Waals surface area contributed by atoms with E-state index in [0.717, 1.165) is 10.2 Å². The Morgan fingerprint density at radius 2 is 1.95 bits per heavy atom. The fourth-order valence-electron chi connectivity index (χ4n) is 2.98. The fourth-order valence-corrected chi connectivity index (χ4v) is 4.69. The molecule has 20 heavy (non-hydrogen) atoms. The molecule has 1 fully saturated rings. The van der Waals surface area contributed by atoms with Crippen LogP contribution in [-0.4, -0.2) is 18.8 Å². The number of halogens is 2. The molecule has 0 saturated carbocycles. The number of alkyl halides is 1. The second-order valence-corrected chi connectivity index (χ2v) is 7.35. The van der Waals surface area contributed by atoms with E-state index in [9.17, 15) is 0 Å². The lowest BCUT2D eigenvalue weighted by Crippen LogP contribution is -2.21. The van der Waals surface area contributed by atoms with E-state index in [0.29, 0.717) is 29.4 Å². The molecule has 0 aliphatic carbocycles. The second kappa shape index (κ2) is 6.80. The Labute approximate surface area is 138 Å². The van der Waals surface area contributed by atoms with E-state index in [1.165, 1.54) is 5.56 Å². The van der Waals surface area contributed by atoms with Gasteiger partial charge in [0.2, 0.25) is 0 Å². The van der Waals surface area contributed by atoms with Crippen molar-refractivity contribution in [1.82, 2.24) is 0 Å². The minimum Gasteiger partial charge on any atom is -0.493 e. The summed E-state index contributed by atoms with van der Waals surface area (Å²) in [6.45, 7) is 9.28. The van der Waals surface area contributed by atoms with Crippen molar-refractivity contribution in [2.24, 2.45) is 11.8 Å². The Morgan fingerprint density at radius 3 is 2.45 bits per heavy atom. The van der Waals surface area contributed by atoms with Crippen molar-refractivity contribution in [2.75, 3.05) is 6.61 Å². The average molecular weight is 406 g/mol. The van der Waals surface area contributed by atoms with Gasteiger partial charge in [0.05, 0.1) is 23.3 Å². The van der Waals surface area contributed by atoms with Crippen LogP contribution < -0.4 is 4.74 Å². The highest BCUT2D eigenvalue weighted by Crippen LogP contribution is 2.45. The van der Waals surface area contributed by atoms with Gasteiger partial charge in [-0.1, -0.05) is 28.9 Å². The fraction of sp³-hybridized carbons (Fsp3) is 0.625. The molecule has 5 unspecified atom stereocenters. The van der Waals surface area contributed by atoms with Crippen molar-refractivity contribution >= 4 is 31.9 Å². The Kier molecular flexibility index (Phi) is 5.55. The van der Waals surface area contributed by atoms with Crippen molar-refractivity contribution in [2.45, 2.75) is 44.7 Å². The van der Waals surface area contributed by atoms with Crippen LogP contribution >= 0.6 is 31.9 Å². The molecule has 4 heteroatoms. The Bertz CT molecular complexity index is 464. The first-order valence-corrected chi connectivity index (χ1v) is 8.88. The average Bonchev–Trinajstić information content (AvgIpc) is 2.65. The third kappa shape index (κ3) is 3.23. The molecule has 1 aliphatic heterocycles. The predicted molar refractivity (Wildman–Crippen MR) is 89.6 cm³/mol. The van der Waals surface area contributed by atoms with E-state index in [1.807, 2.05) is 13.0 Å². The monoisotopic (exact) mass is 404 g/mol. The molecule has 2 rings (SSSR count). The van der Waals surface area contributed by atoms with Crippen LogP contribution in [0.4, 0.5) is 0 Å². The second-order valence-electron chi connectivity index (χ2n) is 5.51. The van der Waals surface area contributed by atoms with Gasteiger partial charge in [-0.15, -0.1) is 0 Å². The van der Waals surface area contributed by atoms with Crippen LogP contribution in [-0.2, 0) is 4.74 Å². The maximum absolute atomic E-state index is 5.95. The zero-order valence-electron chi connectivity index (χ0n) is 12.4. The number of hydrogen-bond acceptors (Lipinski definition) is 2. The molecule has 2 nitrogen and oxygen atoms in total. The van der Waals surface area contributed by atoms with Gasteiger partial charge in [0.15, 0.2) is 0 Å². The lowest BCUT2D eigenvalue weighted by atomic mass is 9.84. The first-order chi connectivity index (χ1) is 9.45. The molecule has 1 heterocycles. The first-order valence-electron chi connectivity index (χ1n) is 7.17. The van der Waals surface area contributed by atoms with Crippen molar-refractivity contribution in [3.05, 3.63) is 28.2 Å². The molecule has 112 valence electrons. The summed E-state index contributed by atoms with van der Waals surface area (Å²) in [6, 6.07) is 6.32. The number of benzene rings is 1. The van der Waals surface area contributed by atoms with E-state index >= 15 is 0 Å². The first kappa shape index (κ1) is 16.3. The van der Waals surface area contributed by atoms with Crippen LogP contribution in [0.3, 0.4) is 0 Å². The summed E-state index contributed by atoms with van der Waals surface area (Å²) in [5.74, 6) is 1.92. The van der Waals surface area contributed by atoms with Crippen LogP contribution in [0.2, 0.25) is 0 Å². The summed E-state index contributed by atoms with van der Waals surface area (Å²) >= 11 is 7.47. The molecule has 0 bridgehead atoms. The highest BCUT2D eigenvalue weighted by molar-refractivity contribution is 9.10. The molecule has 0 spiro atoms. The zero-order valence-corrected chi connectivity index (χ0v) is 15.6. The van der Waals surface area contributed by atoms with Gasteiger partial charge < -0.3 is 9.47 Å². The van der Waals surface area contributed by atoms with Gasteiger partial charge in [0.25, 0.3) is 0 Å². The van der Waals surface area contributed by atoms with Crippen LogP contribution in [0, 0.1) is 11.8 Å². The lowest BCUT2D eigenvalue weighted by Gasteiger charge is -2.25. The Hall–Kier alpha value is -0.0600. The van der Waals surface area contributed by atoms with E-state index < -0.39 is 0 Å². The van der Waals surface area contributed by atoms with Crippen molar-refractivity contribution in [1.29, 1.82) is 0 Å². The van der Waals surface area contributed by atoms with Gasteiger partial charge in [0.1, 0.15) is 5.75 Å². The summed E-state index contributed by atoms with van der Waals surface area (Å²) in [6.07, 6.45) is 0.593. The summed E-state index contributed by atoms with van der Waals surface area (Å²) < 4.78 is 12.5. The number of rotatable bonds is 4. The molecular formula is C16H22Br2O2. The molecule has 0 amide bonds. The van der Waals surface area contributed by atoms with Crippen LogP contribution in [0.15, 0.2) is 22.7 Å². The molecule has 5 atom stereocenters. The van der Waals surface area contributed by atoms with Gasteiger partial charge in [-0.3, -0.25) is 0 Å². The summed E-state index contributed by atoms with van der Waals surface area (Å²) in [4.78, 5) is 0.296. The topological polar surface area (TPSA) is 18.5 Å². The van der Waals surface area contributed by atoms with Crippen molar-refractivity contribution < 1.29 is 9.47 Å². The zero-order chi connectivity index (χ0) is 14.9. The quantitative estimate of drug-likeness (QED) is 0.629. The highest BCUT2D eigenvalue weighted by Gasteiger charge is 2.41. The molecular weight excluding hydrogens is 384 g/mol. The number of ether oxygens (including phenoxy) is 2. The minimum atomic E-state index is 0.273. The maximum Gasteiger partial charge on any atom is 0.133 e.